The van der Waals surface area contributed by atoms with Crippen LogP contribution in [0.1, 0.15) is 18.1 Å². The Morgan fingerprint density at radius 3 is 2.52 bits per heavy atom. The Morgan fingerprint density at radius 2 is 2.00 bits per heavy atom. The minimum Gasteiger partial charge on any atom is -0.318 e. The highest BCUT2D eigenvalue weighted by Crippen LogP contribution is 2.22. The van der Waals surface area contributed by atoms with E-state index in [0.29, 0.717) is 23.2 Å². The van der Waals surface area contributed by atoms with E-state index >= 15 is 0 Å². The first-order valence-corrected chi connectivity index (χ1v) is 8.36. The van der Waals surface area contributed by atoms with E-state index in [-0.39, 0.29) is 10.7 Å². The number of aromatic nitrogens is 3. The van der Waals surface area contributed by atoms with Crippen LogP contribution in [0.25, 0.3) is 11.3 Å². The molecule has 0 aliphatic rings. The van der Waals surface area contributed by atoms with E-state index < -0.39 is 9.84 Å². The molecule has 0 saturated carbocycles. The molecule has 0 bridgehead atoms. The maximum Gasteiger partial charge on any atom is 0.253 e. The van der Waals surface area contributed by atoms with Crippen molar-refractivity contribution >= 4 is 9.84 Å². The molecular formula is C14H17N3O3S. The number of nitrogens with zero attached hydrogens (tertiary/aromatic N) is 3. The molecule has 0 aliphatic heterocycles. The van der Waals surface area contributed by atoms with Crippen molar-refractivity contribution in [2.24, 2.45) is 7.05 Å². The first kappa shape index (κ1) is 15.4. The summed E-state index contributed by atoms with van der Waals surface area (Å²) in [5, 5.41) is -0.207. The minimum absolute atomic E-state index is 0.0887. The van der Waals surface area contributed by atoms with Crippen LogP contribution in [0, 0.1) is 6.92 Å². The van der Waals surface area contributed by atoms with Crippen molar-refractivity contribution in [2.45, 2.75) is 25.4 Å². The Bertz CT molecular complexity index is 828. The predicted molar refractivity (Wildman–Crippen MR) is 79.9 cm³/mol. The van der Waals surface area contributed by atoms with Crippen molar-refractivity contribution in [3.63, 3.8) is 0 Å². The van der Waals surface area contributed by atoms with Crippen LogP contribution in [-0.2, 0) is 23.3 Å². The van der Waals surface area contributed by atoms with Crippen LogP contribution in [0.3, 0.4) is 0 Å². The lowest BCUT2D eigenvalue weighted by atomic mass is 10.1. The van der Waals surface area contributed by atoms with E-state index in [1.807, 2.05) is 6.92 Å². The molecule has 0 radical (unpaired) electrons. The Labute approximate surface area is 123 Å². The number of hydrogen-bond acceptors (Lipinski definition) is 5. The van der Waals surface area contributed by atoms with Gasteiger partial charge in [-0.3, -0.25) is 4.79 Å². The van der Waals surface area contributed by atoms with Crippen LogP contribution in [0.4, 0.5) is 0 Å². The third kappa shape index (κ3) is 3.02. The third-order valence-electron chi connectivity index (χ3n) is 3.19. The molecule has 0 spiro atoms. The van der Waals surface area contributed by atoms with Crippen molar-refractivity contribution in [1.82, 2.24) is 14.5 Å². The fourth-order valence-corrected chi connectivity index (χ4v) is 2.59. The summed E-state index contributed by atoms with van der Waals surface area (Å²) >= 11 is 0. The maximum absolute atomic E-state index is 11.8. The van der Waals surface area contributed by atoms with Gasteiger partial charge in [-0.25, -0.2) is 18.4 Å². The van der Waals surface area contributed by atoms with Gasteiger partial charge in [0.25, 0.3) is 5.56 Å². The summed E-state index contributed by atoms with van der Waals surface area (Å²) in [6.07, 6.45) is 4.92. The van der Waals surface area contributed by atoms with E-state index in [1.54, 1.807) is 26.2 Å². The average molecular weight is 307 g/mol. The Morgan fingerprint density at radius 1 is 1.33 bits per heavy atom. The molecule has 2 aromatic heterocycles. The molecule has 2 rings (SSSR count). The van der Waals surface area contributed by atoms with E-state index in [2.05, 4.69) is 9.97 Å². The highest BCUT2D eigenvalue weighted by Gasteiger charge is 2.16. The van der Waals surface area contributed by atoms with Gasteiger partial charge in [0, 0.05) is 36.8 Å². The number of aryl methyl sites for hydroxylation is 3. The molecule has 0 fully saturated rings. The van der Waals surface area contributed by atoms with Gasteiger partial charge in [-0.1, -0.05) is 6.92 Å². The zero-order valence-corrected chi connectivity index (χ0v) is 13.2. The van der Waals surface area contributed by atoms with Crippen molar-refractivity contribution < 1.29 is 8.42 Å². The normalized spacial score (nSPS) is 11.6. The van der Waals surface area contributed by atoms with Crippen molar-refractivity contribution in [2.75, 3.05) is 6.26 Å². The van der Waals surface area contributed by atoms with Gasteiger partial charge in [0.1, 0.15) is 0 Å². The van der Waals surface area contributed by atoms with Gasteiger partial charge >= 0.3 is 0 Å². The van der Waals surface area contributed by atoms with Crippen molar-refractivity contribution in [3.8, 4) is 11.3 Å². The molecule has 21 heavy (non-hydrogen) atoms. The molecule has 6 nitrogen and oxygen atoms in total. The van der Waals surface area contributed by atoms with Gasteiger partial charge in [-0.05, 0) is 25.0 Å². The number of pyridine rings is 1. The third-order valence-corrected chi connectivity index (χ3v) is 4.05. The topological polar surface area (TPSA) is 81.9 Å². The fourth-order valence-electron chi connectivity index (χ4n) is 2.09. The summed E-state index contributed by atoms with van der Waals surface area (Å²) in [6.45, 7) is 3.66. The van der Waals surface area contributed by atoms with E-state index in [4.69, 9.17) is 0 Å². The number of rotatable bonds is 3. The SMILES string of the molecule is CCc1cnc(S(C)(=O)=O)nc1-c1cc(C)c(=O)n(C)c1. The Balaban J connectivity index is 2.75. The van der Waals surface area contributed by atoms with Crippen molar-refractivity contribution in [1.29, 1.82) is 0 Å². The molecule has 0 N–H and O–H groups in total. The van der Waals surface area contributed by atoms with Gasteiger partial charge in [-0.2, -0.15) is 0 Å². The number of sulfone groups is 1. The second kappa shape index (κ2) is 5.40. The van der Waals surface area contributed by atoms with Gasteiger partial charge in [0.15, 0.2) is 0 Å². The maximum atomic E-state index is 11.8. The first-order valence-electron chi connectivity index (χ1n) is 6.47. The Hall–Kier alpha value is -2.02. The standard InChI is InChI=1S/C14H17N3O3S/c1-5-10-7-15-14(21(4,19)20)16-12(10)11-6-9(2)13(18)17(3)8-11/h6-8H,5H2,1-4H3. The summed E-state index contributed by atoms with van der Waals surface area (Å²) in [7, 11) is -1.82. The predicted octanol–water partition coefficient (Wildman–Crippen LogP) is 1.12. The molecule has 0 aromatic carbocycles. The van der Waals surface area contributed by atoms with E-state index in [9.17, 15) is 13.2 Å². The summed E-state index contributed by atoms with van der Waals surface area (Å²) in [5.74, 6) is 0. The monoisotopic (exact) mass is 307 g/mol. The van der Waals surface area contributed by atoms with Gasteiger partial charge < -0.3 is 4.57 Å². The number of hydrogen-bond donors (Lipinski definition) is 0. The Kier molecular flexibility index (Phi) is 3.95. The lowest BCUT2D eigenvalue weighted by Crippen LogP contribution is -2.18. The average Bonchev–Trinajstić information content (AvgIpc) is 2.42. The molecular weight excluding hydrogens is 290 g/mol. The largest absolute Gasteiger partial charge is 0.318 e. The minimum atomic E-state index is -3.48. The summed E-state index contributed by atoms with van der Waals surface area (Å²) in [4.78, 5) is 19.9. The lowest BCUT2D eigenvalue weighted by molar-refractivity contribution is 0.593. The van der Waals surface area contributed by atoms with Crippen LogP contribution >= 0.6 is 0 Å². The van der Waals surface area contributed by atoms with Crippen LogP contribution in [0.2, 0.25) is 0 Å². The van der Waals surface area contributed by atoms with Crippen molar-refractivity contribution in [3.05, 3.63) is 39.9 Å². The summed E-state index contributed by atoms with van der Waals surface area (Å²) in [6, 6.07) is 1.72. The van der Waals surface area contributed by atoms with Gasteiger partial charge in [-0.15, -0.1) is 0 Å². The van der Waals surface area contributed by atoms with Crippen LogP contribution < -0.4 is 5.56 Å². The highest BCUT2D eigenvalue weighted by atomic mass is 32.2. The molecule has 112 valence electrons. The zero-order valence-electron chi connectivity index (χ0n) is 12.4. The van der Waals surface area contributed by atoms with E-state index in [1.165, 1.54) is 10.8 Å². The molecule has 0 atom stereocenters. The van der Waals surface area contributed by atoms with Gasteiger partial charge in [0.05, 0.1) is 5.69 Å². The second-order valence-corrected chi connectivity index (χ2v) is 6.89. The lowest BCUT2D eigenvalue weighted by Gasteiger charge is -2.10. The molecule has 2 aromatic rings. The fraction of sp³-hybridized carbons (Fsp3) is 0.357. The van der Waals surface area contributed by atoms with Crippen LogP contribution in [0.15, 0.2) is 28.4 Å². The summed E-state index contributed by atoms with van der Waals surface area (Å²) in [5.41, 5.74) is 2.58. The van der Waals surface area contributed by atoms with Crippen LogP contribution in [-0.4, -0.2) is 29.2 Å². The van der Waals surface area contributed by atoms with E-state index in [0.717, 1.165) is 11.8 Å². The highest BCUT2D eigenvalue weighted by molar-refractivity contribution is 7.90. The molecule has 7 heteroatoms. The second-order valence-electron chi connectivity index (χ2n) is 4.98. The molecule has 0 aliphatic carbocycles. The smallest absolute Gasteiger partial charge is 0.253 e. The summed E-state index contributed by atoms with van der Waals surface area (Å²) < 4.78 is 24.7. The first-order chi connectivity index (χ1) is 9.74. The van der Waals surface area contributed by atoms with Crippen LogP contribution in [0.5, 0.6) is 0 Å². The zero-order chi connectivity index (χ0) is 15.8. The quantitative estimate of drug-likeness (QED) is 0.794. The molecule has 2 heterocycles. The molecule has 0 saturated heterocycles. The molecule has 0 amide bonds. The van der Waals surface area contributed by atoms with Gasteiger partial charge in [0.2, 0.25) is 15.0 Å². The molecule has 0 unspecified atom stereocenters.